The van der Waals surface area contributed by atoms with Gasteiger partial charge in [0.15, 0.2) is 0 Å². The Morgan fingerprint density at radius 1 is 1.21 bits per heavy atom. The number of terminal acetylenes is 1. The summed E-state index contributed by atoms with van der Waals surface area (Å²) in [5, 5.41) is 0. The van der Waals surface area contributed by atoms with Gasteiger partial charge < -0.3 is 9.47 Å². The van der Waals surface area contributed by atoms with Crippen molar-refractivity contribution in [2.24, 2.45) is 22.7 Å². The Bertz CT molecular complexity index is 1020. The molecular weight excluding hydrogens is 406 g/mol. The minimum absolute atomic E-state index is 0.207. The predicted octanol–water partition coefficient (Wildman–Crippen LogP) is 5.13. The van der Waals surface area contributed by atoms with Crippen molar-refractivity contribution in [2.45, 2.75) is 89.2 Å². The third-order valence-electron chi connectivity index (χ3n) is 11.3. The molecule has 6 atom stereocenters. The molecule has 1 aromatic carbocycles. The maximum absolute atomic E-state index is 7.27. The summed E-state index contributed by atoms with van der Waals surface area (Å²) in [6, 6.07) is 5.53. The molecule has 0 aromatic heterocycles. The lowest BCUT2D eigenvalue weighted by molar-refractivity contribution is -0.247. The molecule has 2 heterocycles. The average molecular weight is 446 g/mol. The first-order chi connectivity index (χ1) is 16.1. The minimum Gasteiger partial charge on any atom is -0.488 e. The maximum atomic E-state index is 7.27. The quantitative estimate of drug-likeness (QED) is 0.429. The largest absolute Gasteiger partial charge is 0.488 e. The van der Waals surface area contributed by atoms with Crippen LogP contribution in [0, 0.1) is 35.0 Å². The molecule has 0 unspecified atom stereocenters. The van der Waals surface area contributed by atoms with Crippen LogP contribution in [0.5, 0.6) is 5.75 Å². The molecule has 2 aliphatic heterocycles. The van der Waals surface area contributed by atoms with Crippen molar-refractivity contribution in [1.29, 1.82) is 0 Å². The van der Waals surface area contributed by atoms with Crippen molar-refractivity contribution in [2.75, 3.05) is 26.3 Å². The van der Waals surface area contributed by atoms with E-state index in [1.807, 2.05) is 0 Å². The third-order valence-corrected chi connectivity index (χ3v) is 11.3. The van der Waals surface area contributed by atoms with Gasteiger partial charge in [0.25, 0.3) is 0 Å². The number of hydrogen-bond acceptors (Lipinski definition) is 3. The Balaban J connectivity index is 1.41. The van der Waals surface area contributed by atoms with Gasteiger partial charge in [-0.1, -0.05) is 31.9 Å². The van der Waals surface area contributed by atoms with Gasteiger partial charge in [-0.25, -0.2) is 0 Å². The molecule has 0 N–H and O–H groups in total. The fraction of sp³-hybridized carbons (Fsp3) is 0.733. The van der Waals surface area contributed by atoms with Crippen LogP contribution in [0.3, 0.4) is 0 Å². The molecule has 33 heavy (non-hydrogen) atoms. The number of piperidine rings is 1. The van der Waals surface area contributed by atoms with E-state index in [4.69, 9.17) is 15.9 Å². The molecule has 3 nitrogen and oxygen atoms in total. The molecule has 7 aliphatic rings. The minimum atomic E-state index is 0.207. The van der Waals surface area contributed by atoms with Crippen LogP contribution in [-0.2, 0) is 23.0 Å². The number of fused-ring (bicyclic) bond motifs is 2. The summed E-state index contributed by atoms with van der Waals surface area (Å²) in [5.74, 6) is 5.49. The van der Waals surface area contributed by atoms with Crippen LogP contribution in [0.15, 0.2) is 12.1 Å². The highest BCUT2D eigenvalue weighted by molar-refractivity contribution is 5.61. The van der Waals surface area contributed by atoms with E-state index in [1.165, 1.54) is 75.8 Å². The van der Waals surface area contributed by atoms with Crippen molar-refractivity contribution >= 4 is 0 Å². The molecule has 0 radical (unpaired) electrons. The molecule has 5 fully saturated rings. The summed E-state index contributed by atoms with van der Waals surface area (Å²) in [7, 11) is 0. The molecule has 0 amide bonds. The molecule has 3 heteroatoms. The van der Waals surface area contributed by atoms with Crippen molar-refractivity contribution in [3.8, 4) is 18.1 Å². The standard InChI is InChI=1S/C30H39NO2/c1-4-15-32-19-23-17-29-12-11-28(23,6-3)27-30(29)13-14-31(18-20-7-8-20)24(29)16-22-10-9-21(5-2)26(33-27)25(22)30/h1,9-10,20,23-24,27H,5-8,11-19H2,2-3H3/t23-,24-,27+,28+,29-,30+/m1/s1. The highest BCUT2D eigenvalue weighted by Gasteiger charge is 2.79. The lowest BCUT2D eigenvalue weighted by Gasteiger charge is -2.74. The monoisotopic (exact) mass is 445 g/mol. The average Bonchev–Trinajstić information content (AvgIpc) is 3.58. The second-order valence-electron chi connectivity index (χ2n) is 12.2. The summed E-state index contributed by atoms with van der Waals surface area (Å²) in [4.78, 5) is 2.94. The van der Waals surface area contributed by atoms with Crippen LogP contribution in [0.2, 0.25) is 0 Å². The third kappa shape index (κ3) is 2.40. The van der Waals surface area contributed by atoms with Gasteiger partial charge >= 0.3 is 0 Å². The van der Waals surface area contributed by atoms with Crippen LogP contribution < -0.4 is 4.74 Å². The van der Waals surface area contributed by atoms with E-state index < -0.39 is 0 Å². The number of nitrogens with zero attached hydrogens (tertiary/aromatic N) is 1. The second-order valence-corrected chi connectivity index (χ2v) is 12.2. The fourth-order valence-corrected chi connectivity index (χ4v) is 9.81. The first-order valence-corrected chi connectivity index (χ1v) is 13.7. The molecule has 1 saturated heterocycles. The van der Waals surface area contributed by atoms with E-state index in [-0.39, 0.29) is 10.8 Å². The fourth-order valence-electron chi connectivity index (χ4n) is 9.81. The van der Waals surface area contributed by atoms with Crippen LogP contribution in [0.1, 0.15) is 75.5 Å². The second kappa shape index (κ2) is 7.02. The Morgan fingerprint density at radius 2 is 2.09 bits per heavy atom. The van der Waals surface area contributed by atoms with E-state index in [1.54, 1.807) is 11.1 Å². The molecule has 4 bridgehead atoms. The lowest BCUT2D eigenvalue weighted by Crippen LogP contribution is -2.78. The van der Waals surface area contributed by atoms with Gasteiger partial charge in [0, 0.05) is 34.4 Å². The zero-order chi connectivity index (χ0) is 22.4. The molecule has 176 valence electrons. The first kappa shape index (κ1) is 20.8. The summed E-state index contributed by atoms with van der Waals surface area (Å²) < 4.78 is 13.4. The Hall–Kier alpha value is -1.50. The molecule has 5 aliphatic carbocycles. The van der Waals surface area contributed by atoms with E-state index >= 15 is 0 Å². The number of benzene rings is 1. The molecule has 2 spiro atoms. The first-order valence-electron chi connectivity index (χ1n) is 13.7. The highest BCUT2D eigenvalue weighted by Crippen LogP contribution is 2.78. The molecular formula is C30H39NO2. The predicted molar refractivity (Wildman–Crippen MR) is 130 cm³/mol. The summed E-state index contributed by atoms with van der Waals surface area (Å²) in [5.41, 5.74) is 5.45. The number of likely N-dealkylation sites (tertiary alicyclic amines) is 1. The Labute approximate surface area is 199 Å². The van der Waals surface area contributed by atoms with Crippen molar-refractivity contribution in [3.63, 3.8) is 0 Å². The number of aryl methyl sites for hydroxylation is 1. The van der Waals surface area contributed by atoms with Gasteiger partial charge in [0.1, 0.15) is 18.5 Å². The smallest absolute Gasteiger partial charge is 0.127 e. The topological polar surface area (TPSA) is 21.7 Å². The van der Waals surface area contributed by atoms with E-state index in [0.717, 1.165) is 18.9 Å². The zero-order valence-electron chi connectivity index (χ0n) is 20.5. The van der Waals surface area contributed by atoms with E-state index in [9.17, 15) is 0 Å². The number of rotatable bonds is 7. The summed E-state index contributed by atoms with van der Waals surface area (Å²) >= 11 is 0. The normalized spacial score (nSPS) is 42.0. The van der Waals surface area contributed by atoms with Gasteiger partial charge in [0.2, 0.25) is 0 Å². The molecule has 8 rings (SSSR count). The molecule has 4 saturated carbocycles. The van der Waals surface area contributed by atoms with E-state index in [0.29, 0.717) is 30.1 Å². The Kier molecular flexibility index (Phi) is 4.43. The van der Waals surface area contributed by atoms with Crippen LogP contribution in [0.4, 0.5) is 0 Å². The van der Waals surface area contributed by atoms with E-state index in [2.05, 4.69) is 36.8 Å². The Morgan fingerprint density at radius 3 is 2.85 bits per heavy atom. The number of ether oxygens (including phenoxy) is 2. The van der Waals surface area contributed by atoms with Crippen LogP contribution in [0.25, 0.3) is 0 Å². The zero-order valence-corrected chi connectivity index (χ0v) is 20.5. The van der Waals surface area contributed by atoms with Crippen molar-refractivity contribution < 1.29 is 9.47 Å². The summed E-state index contributed by atoms with van der Waals surface area (Å²) in [6.45, 7) is 8.52. The molecule has 1 aromatic rings. The van der Waals surface area contributed by atoms with Crippen molar-refractivity contribution in [3.05, 3.63) is 28.8 Å². The van der Waals surface area contributed by atoms with Gasteiger partial charge in [-0.05, 0) is 87.3 Å². The van der Waals surface area contributed by atoms with Crippen LogP contribution in [-0.4, -0.2) is 43.3 Å². The number of hydrogen-bond donors (Lipinski definition) is 0. The van der Waals surface area contributed by atoms with Crippen molar-refractivity contribution in [1.82, 2.24) is 4.90 Å². The summed E-state index contributed by atoms with van der Waals surface area (Å²) in [6.07, 6.45) is 17.4. The van der Waals surface area contributed by atoms with Gasteiger partial charge in [0.05, 0.1) is 6.61 Å². The maximum Gasteiger partial charge on any atom is 0.127 e. The van der Waals surface area contributed by atoms with Gasteiger partial charge in [-0.2, -0.15) is 0 Å². The van der Waals surface area contributed by atoms with Gasteiger partial charge in [-0.15, -0.1) is 6.42 Å². The van der Waals surface area contributed by atoms with Gasteiger partial charge in [-0.3, -0.25) is 4.90 Å². The van der Waals surface area contributed by atoms with Crippen LogP contribution >= 0.6 is 0 Å². The highest BCUT2D eigenvalue weighted by atomic mass is 16.5. The lowest BCUT2D eigenvalue weighted by atomic mass is 9.32. The SMILES string of the molecule is C#CCOC[C@H]1C[C@@]23CC[C@]1(CC)[C@@H]1Oc4c(CC)ccc5c4[C@@]12CCN(CC1CC1)[C@@H]3C5.